The van der Waals surface area contributed by atoms with E-state index in [2.05, 4.69) is 18.0 Å². The van der Waals surface area contributed by atoms with Gasteiger partial charge >= 0.3 is 0 Å². The van der Waals surface area contributed by atoms with Crippen LogP contribution in [0.15, 0.2) is 5.38 Å². The summed E-state index contributed by atoms with van der Waals surface area (Å²) in [5.41, 5.74) is 2.28. The maximum atomic E-state index is 8.98. The van der Waals surface area contributed by atoms with Gasteiger partial charge < -0.3 is 0 Å². The zero-order chi connectivity index (χ0) is 9.71. The van der Waals surface area contributed by atoms with Gasteiger partial charge in [-0.1, -0.05) is 0 Å². The topological polar surface area (TPSA) is 27.0 Å². The van der Waals surface area contributed by atoms with Gasteiger partial charge in [-0.3, -0.25) is 4.90 Å². The second-order valence-electron chi connectivity index (χ2n) is 4.22. The van der Waals surface area contributed by atoms with Gasteiger partial charge in [0.1, 0.15) is 6.07 Å². The van der Waals surface area contributed by atoms with Crippen molar-refractivity contribution in [3.05, 3.63) is 21.4 Å². The van der Waals surface area contributed by atoms with Crippen LogP contribution in [0.25, 0.3) is 0 Å². The van der Waals surface area contributed by atoms with Crippen molar-refractivity contribution in [1.29, 1.82) is 5.26 Å². The van der Waals surface area contributed by atoms with Crippen LogP contribution in [0.1, 0.15) is 34.9 Å². The molecule has 2 atom stereocenters. The second kappa shape index (κ2) is 2.82. The van der Waals surface area contributed by atoms with Gasteiger partial charge in [-0.05, 0) is 31.9 Å². The summed E-state index contributed by atoms with van der Waals surface area (Å²) in [5.74, 6) is 0. The molecule has 14 heavy (non-hydrogen) atoms. The van der Waals surface area contributed by atoms with Crippen LogP contribution in [-0.4, -0.2) is 18.0 Å². The van der Waals surface area contributed by atoms with Crippen LogP contribution in [-0.2, 0) is 6.42 Å². The van der Waals surface area contributed by atoms with E-state index in [9.17, 15) is 0 Å². The van der Waals surface area contributed by atoms with E-state index in [0.29, 0.717) is 12.1 Å². The number of rotatable bonds is 0. The molecule has 0 saturated carbocycles. The first kappa shape index (κ1) is 8.46. The molecule has 0 N–H and O–H groups in total. The van der Waals surface area contributed by atoms with Gasteiger partial charge in [0.05, 0.1) is 5.56 Å². The number of fused-ring (bicyclic) bond motifs is 4. The molecule has 1 aromatic rings. The third kappa shape index (κ3) is 0.930. The highest BCUT2D eigenvalue weighted by molar-refractivity contribution is 7.10. The fourth-order valence-corrected chi connectivity index (χ4v) is 4.01. The van der Waals surface area contributed by atoms with Crippen molar-refractivity contribution in [3.8, 4) is 6.07 Å². The van der Waals surface area contributed by atoms with Crippen LogP contribution in [0, 0.1) is 11.3 Å². The lowest BCUT2D eigenvalue weighted by molar-refractivity contribution is 0.228. The van der Waals surface area contributed by atoms with Crippen molar-refractivity contribution in [2.75, 3.05) is 7.05 Å². The Bertz CT molecular complexity index is 415. The monoisotopic (exact) mass is 204 g/mol. The number of thiophene rings is 1. The van der Waals surface area contributed by atoms with Gasteiger partial charge in [0.15, 0.2) is 0 Å². The van der Waals surface area contributed by atoms with Crippen molar-refractivity contribution in [1.82, 2.24) is 4.90 Å². The van der Waals surface area contributed by atoms with Crippen molar-refractivity contribution < 1.29 is 0 Å². The van der Waals surface area contributed by atoms with Crippen LogP contribution in [0.2, 0.25) is 0 Å². The van der Waals surface area contributed by atoms with Crippen LogP contribution < -0.4 is 0 Å². The molecular weight excluding hydrogens is 192 g/mol. The lowest BCUT2D eigenvalue weighted by atomic mass is 9.98. The minimum absolute atomic E-state index is 0.607. The first-order valence-electron chi connectivity index (χ1n) is 5.03. The Labute approximate surface area is 87.8 Å². The summed E-state index contributed by atoms with van der Waals surface area (Å²) < 4.78 is 0. The van der Waals surface area contributed by atoms with Crippen molar-refractivity contribution in [2.45, 2.75) is 31.3 Å². The average molecular weight is 204 g/mol. The molecule has 2 nitrogen and oxygen atoms in total. The molecule has 0 aromatic carbocycles. The molecule has 1 fully saturated rings. The molecule has 3 heterocycles. The van der Waals surface area contributed by atoms with Crippen LogP contribution in [0.4, 0.5) is 0 Å². The van der Waals surface area contributed by atoms with Gasteiger partial charge in [-0.2, -0.15) is 5.26 Å². The summed E-state index contributed by atoms with van der Waals surface area (Å²) in [5, 5.41) is 11.0. The SMILES string of the molecule is CN1C2CCC1c1scc(C#N)c1C2. The quantitative estimate of drug-likeness (QED) is 0.648. The molecule has 2 bridgehead atoms. The Morgan fingerprint density at radius 3 is 3.21 bits per heavy atom. The minimum atomic E-state index is 0.607. The minimum Gasteiger partial charge on any atom is -0.295 e. The lowest BCUT2D eigenvalue weighted by Gasteiger charge is -2.31. The Kier molecular flexibility index (Phi) is 1.70. The molecule has 0 amide bonds. The molecule has 0 radical (unpaired) electrons. The van der Waals surface area contributed by atoms with Gasteiger partial charge in [-0.15, -0.1) is 11.3 Å². The number of hydrogen-bond donors (Lipinski definition) is 0. The molecule has 0 aliphatic carbocycles. The molecule has 1 aromatic heterocycles. The molecular formula is C11H12N2S. The first-order valence-corrected chi connectivity index (χ1v) is 5.91. The summed E-state index contributed by atoms with van der Waals surface area (Å²) in [6, 6.07) is 3.61. The summed E-state index contributed by atoms with van der Waals surface area (Å²) in [6.07, 6.45) is 3.67. The molecule has 72 valence electrons. The molecule has 0 spiro atoms. The molecule has 2 unspecified atom stereocenters. The first-order chi connectivity index (χ1) is 6.81. The van der Waals surface area contributed by atoms with E-state index in [1.165, 1.54) is 23.3 Å². The Hall–Kier alpha value is -0.850. The van der Waals surface area contributed by atoms with E-state index in [0.717, 1.165) is 12.0 Å². The summed E-state index contributed by atoms with van der Waals surface area (Å²) in [6.45, 7) is 0. The third-order valence-corrected chi connectivity index (χ3v) is 4.76. The van der Waals surface area contributed by atoms with E-state index >= 15 is 0 Å². The van der Waals surface area contributed by atoms with Gasteiger partial charge in [-0.25, -0.2) is 0 Å². The highest BCUT2D eigenvalue weighted by atomic mass is 32.1. The fraction of sp³-hybridized carbons (Fsp3) is 0.545. The van der Waals surface area contributed by atoms with Crippen molar-refractivity contribution in [2.24, 2.45) is 0 Å². The fourth-order valence-electron chi connectivity index (χ4n) is 2.79. The van der Waals surface area contributed by atoms with Crippen molar-refractivity contribution >= 4 is 11.3 Å². The highest BCUT2D eigenvalue weighted by Gasteiger charge is 2.39. The maximum Gasteiger partial charge on any atom is 0.100 e. The van der Waals surface area contributed by atoms with Crippen molar-refractivity contribution in [3.63, 3.8) is 0 Å². The molecule has 1 saturated heterocycles. The van der Waals surface area contributed by atoms with E-state index < -0.39 is 0 Å². The third-order valence-electron chi connectivity index (χ3n) is 3.63. The molecule has 2 aliphatic rings. The standard InChI is InChI=1S/C11H12N2S/c1-13-8-2-3-10(13)11-9(4-8)7(5-12)6-14-11/h6,8,10H,2-4H2,1H3. The van der Waals surface area contributed by atoms with E-state index in [1.54, 1.807) is 11.3 Å². The van der Waals surface area contributed by atoms with Gasteiger partial charge in [0, 0.05) is 22.3 Å². The number of likely N-dealkylation sites (N-methyl/N-ethyl adjacent to an activating group) is 1. The number of hydrogen-bond acceptors (Lipinski definition) is 3. The number of nitriles is 1. The van der Waals surface area contributed by atoms with E-state index in [1.807, 2.05) is 5.38 Å². The lowest BCUT2D eigenvalue weighted by Crippen LogP contribution is -2.33. The predicted octanol–water partition coefficient (Wildman–Crippen LogP) is 2.31. The Morgan fingerprint density at radius 2 is 2.43 bits per heavy atom. The Morgan fingerprint density at radius 1 is 1.57 bits per heavy atom. The molecule has 3 rings (SSSR count). The summed E-state index contributed by atoms with van der Waals surface area (Å²) >= 11 is 1.78. The normalized spacial score (nSPS) is 30.0. The Balaban J connectivity index is 2.14. The zero-order valence-electron chi connectivity index (χ0n) is 8.16. The zero-order valence-corrected chi connectivity index (χ0v) is 8.97. The van der Waals surface area contributed by atoms with Crippen LogP contribution in [0.5, 0.6) is 0 Å². The molecule has 3 heteroatoms. The highest BCUT2D eigenvalue weighted by Crippen LogP contribution is 2.46. The van der Waals surface area contributed by atoms with Gasteiger partial charge in [0.25, 0.3) is 0 Å². The summed E-state index contributed by atoms with van der Waals surface area (Å²) in [4.78, 5) is 3.94. The summed E-state index contributed by atoms with van der Waals surface area (Å²) in [7, 11) is 2.22. The van der Waals surface area contributed by atoms with Crippen LogP contribution >= 0.6 is 11.3 Å². The molecule has 2 aliphatic heterocycles. The predicted molar refractivity (Wildman–Crippen MR) is 56.3 cm³/mol. The smallest absolute Gasteiger partial charge is 0.100 e. The van der Waals surface area contributed by atoms with E-state index in [-0.39, 0.29) is 0 Å². The second-order valence-corrected chi connectivity index (χ2v) is 5.13. The largest absolute Gasteiger partial charge is 0.295 e. The van der Waals surface area contributed by atoms with E-state index in [4.69, 9.17) is 5.26 Å². The van der Waals surface area contributed by atoms with Crippen LogP contribution in [0.3, 0.4) is 0 Å². The van der Waals surface area contributed by atoms with Gasteiger partial charge in [0.2, 0.25) is 0 Å². The maximum absolute atomic E-state index is 8.98. The number of nitrogens with zero attached hydrogens (tertiary/aromatic N) is 2. The average Bonchev–Trinajstić information content (AvgIpc) is 2.68.